The van der Waals surface area contributed by atoms with Gasteiger partial charge in [-0.15, -0.1) is 13.2 Å². The Morgan fingerprint density at radius 3 is 1.81 bits per heavy atom. The number of piperidine rings is 3. The van der Waals surface area contributed by atoms with E-state index in [4.69, 9.17) is 0 Å². The monoisotopic (exact) mass is 488 g/mol. The highest BCUT2D eigenvalue weighted by molar-refractivity contribution is 5.54. The van der Waals surface area contributed by atoms with Crippen molar-refractivity contribution in [3.8, 4) is 0 Å². The van der Waals surface area contributed by atoms with Crippen LogP contribution in [0.2, 0.25) is 0 Å². The lowest BCUT2D eigenvalue weighted by atomic mass is 9.89. The minimum Gasteiger partial charge on any atom is -0.334 e. The van der Waals surface area contributed by atoms with Crippen LogP contribution >= 0.6 is 0 Å². The van der Waals surface area contributed by atoms with E-state index in [0.29, 0.717) is 0 Å². The van der Waals surface area contributed by atoms with Gasteiger partial charge >= 0.3 is 0 Å². The van der Waals surface area contributed by atoms with E-state index < -0.39 is 0 Å². The van der Waals surface area contributed by atoms with Gasteiger partial charge in [-0.1, -0.05) is 79.6 Å². The van der Waals surface area contributed by atoms with Crippen LogP contribution in [0, 0.1) is 5.92 Å². The van der Waals surface area contributed by atoms with Crippen molar-refractivity contribution in [3.63, 3.8) is 0 Å². The number of allylic oxidation sites excluding steroid dienone is 2. The Morgan fingerprint density at radius 1 is 0.833 bits per heavy atom. The summed E-state index contributed by atoms with van der Waals surface area (Å²) in [7, 11) is 0. The van der Waals surface area contributed by atoms with E-state index in [9.17, 15) is 4.79 Å². The molecule has 0 aromatic heterocycles. The summed E-state index contributed by atoms with van der Waals surface area (Å²) in [6.07, 6.45) is 8.55. The summed E-state index contributed by atoms with van der Waals surface area (Å²) in [6.45, 7) is 20.6. The van der Waals surface area contributed by atoms with Crippen molar-refractivity contribution in [2.45, 2.75) is 72.3 Å². The summed E-state index contributed by atoms with van der Waals surface area (Å²) < 4.78 is 0. The molecule has 6 rings (SSSR count). The first-order chi connectivity index (χ1) is 17.5. The van der Waals surface area contributed by atoms with Gasteiger partial charge in [0.25, 0.3) is 0 Å². The third-order valence-corrected chi connectivity index (χ3v) is 7.11. The molecule has 0 N–H and O–H groups in total. The van der Waals surface area contributed by atoms with Crippen LogP contribution in [0.25, 0.3) is 0 Å². The molecule has 3 nitrogen and oxygen atoms in total. The van der Waals surface area contributed by atoms with Crippen molar-refractivity contribution >= 4 is 6.41 Å². The molecule has 1 amide bonds. The molecule has 2 bridgehead atoms. The van der Waals surface area contributed by atoms with Crippen molar-refractivity contribution in [1.82, 2.24) is 9.80 Å². The predicted molar refractivity (Wildman–Crippen MR) is 155 cm³/mol. The van der Waals surface area contributed by atoms with Crippen LogP contribution in [0.4, 0.5) is 0 Å². The van der Waals surface area contributed by atoms with Crippen molar-refractivity contribution in [2.24, 2.45) is 5.92 Å². The fourth-order valence-corrected chi connectivity index (χ4v) is 5.00. The lowest BCUT2D eigenvalue weighted by Gasteiger charge is -2.38. The third kappa shape index (κ3) is 9.43. The molecule has 2 aromatic rings. The molecule has 3 heteroatoms. The molecule has 0 spiro atoms. The summed E-state index contributed by atoms with van der Waals surface area (Å²) in [5.41, 5.74) is 6.27. The second kappa shape index (κ2) is 16.2. The van der Waals surface area contributed by atoms with E-state index in [-0.39, 0.29) is 6.04 Å². The molecule has 1 unspecified atom stereocenters. The first kappa shape index (κ1) is 29.6. The minimum atomic E-state index is 0.0636. The number of amides is 1. The topological polar surface area (TPSA) is 23.6 Å². The summed E-state index contributed by atoms with van der Waals surface area (Å²) in [6, 6.07) is 18.7. The summed E-state index contributed by atoms with van der Waals surface area (Å²) >= 11 is 0. The molecule has 2 aromatic carbocycles. The molecule has 4 aliphatic heterocycles. The number of hydrogen-bond acceptors (Lipinski definition) is 2. The van der Waals surface area contributed by atoms with Crippen LogP contribution in [-0.4, -0.2) is 42.4 Å². The fraction of sp³-hybridized carbons (Fsp3) is 0.485. The van der Waals surface area contributed by atoms with Gasteiger partial charge in [0.2, 0.25) is 6.41 Å². The highest BCUT2D eigenvalue weighted by Gasteiger charge is 2.27. The second-order valence-corrected chi connectivity index (χ2v) is 10.1. The van der Waals surface area contributed by atoms with E-state index in [1.165, 1.54) is 66.7 Å². The number of carbonyl (C=O) groups is 1. The fourth-order valence-electron chi connectivity index (χ4n) is 5.00. The van der Waals surface area contributed by atoms with Gasteiger partial charge in [-0.25, -0.2) is 0 Å². The zero-order valence-corrected chi connectivity index (χ0v) is 23.2. The van der Waals surface area contributed by atoms with E-state index in [1.807, 2.05) is 56.9 Å². The Morgan fingerprint density at radius 2 is 1.36 bits per heavy atom. The zero-order chi connectivity index (χ0) is 26.3. The highest BCUT2D eigenvalue weighted by atomic mass is 16.1. The van der Waals surface area contributed by atoms with Gasteiger partial charge in [0, 0.05) is 6.54 Å². The Kier molecular flexibility index (Phi) is 13.3. The molecule has 0 radical (unpaired) electrons. The zero-order valence-electron chi connectivity index (χ0n) is 23.2. The Hall–Kier alpha value is -2.65. The third-order valence-electron chi connectivity index (χ3n) is 7.11. The number of benzene rings is 2. The van der Waals surface area contributed by atoms with Crippen LogP contribution in [-0.2, 0) is 11.2 Å². The van der Waals surface area contributed by atoms with Gasteiger partial charge < -0.3 is 9.80 Å². The maximum atomic E-state index is 11.3. The van der Waals surface area contributed by atoms with Crippen LogP contribution < -0.4 is 0 Å². The van der Waals surface area contributed by atoms with Crippen molar-refractivity contribution in [3.05, 3.63) is 95.6 Å². The molecule has 1 atom stereocenters. The molecule has 4 aliphatic rings. The largest absolute Gasteiger partial charge is 0.334 e. The summed E-state index contributed by atoms with van der Waals surface area (Å²) in [5.74, 6) is 1.11. The number of hydrogen-bond donors (Lipinski definition) is 0. The van der Waals surface area contributed by atoms with E-state index in [0.717, 1.165) is 38.1 Å². The molecular formula is C33H48N2O. The quantitative estimate of drug-likeness (QED) is 0.316. The average Bonchev–Trinajstić information content (AvgIpc) is 2.94. The van der Waals surface area contributed by atoms with Crippen molar-refractivity contribution < 1.29 is 4.79 Å². The van der Waals surface area contributed by atoms with Gasteiger partial charge in [0.15, 0.2) is 0 Å². The number of fused-ring (bicyclic) bond motifs is 4. The van der Waals surface area contributed by atoms with E-state index in [1.54, 1.807) is 0 Å². The molecule has 3 fully saturated rings. The predicted octanol–water partition coefficient (Wildman–Crippen LogP) is 7.84. The first-order valence-corrected chi connectivity index (χ1v) is 13.8. The molecule has 4 heterocycles. The standard InChI is InChI=1S/C16H15NO.C8H14.C7H13N.C2H6/c18-12-17-11-10-13-6-4-5-9-15(13)16(17)14-7-2-1-3-8-14;1-7(2)5-6-8(3)4;1-4-8-5-2-7(1)3-6-8;1-2/h1-9,12,16H,10-11H2;1,3,5-6H2,2,4H3;7H,1-6H2;1-2H3. The Balaban J connectivity index is 0.000000211. The van der Waals surface area contributed by atoms with Gasteiger partial charge in [-0.2, -0.15) is 0 Å². The minimum absolute atomic E-state index is 0.0636. The number of carbonyl (C=O) groups excluding carboxylic acids is 1. The smallest absolute Gasteiger partial charge is 0.210 e. The Bertz CT molecular complexity index is 891. The van der Waals surface area contributed by atoms with Crippen LogP contribution in [0.3, 0.4) is 0 Å². The molecular weight excluding hydrogens is 440 g/mol. The maximum absolute atomic E-state index is 11.3. The molecule has 3 saturated heterocycles. The number of nitrogens with zero attached hydrogens (tertiary/aromatic N) is 2. The first-order valence-electron chi connectivity index (χ1n) is 13.8. The van der Waals surface area contributed by atoms with Gasteiger partial charge in [-0.3, -0.25) is 4.79 Å². The van der Waals surface area contributed by atoms with E-state index in [2.05, 4.69) is 48.4 Å². The van der Waals surface area contributed by atoms with Crippen LogP contribution in [0.5, 0.6) is 0 Å². The van der Waals surface area contributed by atoms with Gasteiger partial charge in [-0.05, 0) is 94.6 Å². The molecule has 196 valence electrons. The van der Waals surface area contributed by atoms with Crippen LogP contribution in [0.15, 0.2) is 78.9 Å². The maximum Gasteiger partial charge on any atom is 0.210 e. The average molecular weight is 489 g/mol. The Labute approximate surface area is 220 Å². The normalized spacial score (nSPS) is 21.2. The van der Waals surface area contributed by atoms with Gasteiger partial charge in [0.05, 0.1) is 6.04 Å². The molecule has 36 heavy (non-hydrogen) atoms. The molecule has 0 saturated carbocycles. The molecule has 0 aliphatic carbocycles. The second-order valence-electron chi connectivity index (χ2n) is 10.1. The lowest BCUT2D eigenvalue weighted by Crippen LogP contribution is -2.41. The SMILES string of the molecule is C1CN2CCC1CC2.C=C(C)CCC(=C)C.CC.O=CN1CCc2ccccc2C1c1ccccc1. The highest BCUT2D eigenvalue weighted by Crippen LogP contribution is 2.33. The van der Waals surface area contributed by atoms with Crippen molar-refractivity contribution in [1.29, 1.82) is 0 Å². The lowest BCUT2D eigenvalue weighted by molar-refractivity contribution is -0.119. The van der Waals surface area contributed by atoms with Gasteiger partial charge in [0.1, 0.15) is 0 Å². The summed E-state index contributed by atoms with van der Waals surface area (Å²) in [5, 5.41) is 0. The number of rotatable bonds is 5. The summed E-state index contributed by atoms with van der Waals surface area (Å²) in [4.78, 5) is 15.7. The van der Waals surface area contributed by atoms with Crippen molar-refractivity contribution in [2.75, 3.05) is 26.2 Å². The van der Waals surface area contributed by atoms with E-state index >= 15 is 0 Å². The van der Waals surface area contributed by atoms with Crippen LogP contribution in [0.1, 0.15) is 82.5 Å².